The van der Waals surface area contributed by atoms with Crippen LogP contribution in [0.4, 0.5) is 34.1 Å². The van der Waals surface area contributed by atoms with Gasteiger partial charge < -0.3 is 18.6 Å². The molecule has 0 fully saturated rings. The maximum atomic E-state index is 6.80. The van der Waals surface area contributed by atoms with Crippen molar-refractivity contribution in [2.45, 2.75) is 52.4 Å². The molecule has 12 aromatic rings. The summed E-state index contributed by atoms with van der Waals surface area (Å²) < 4.78 is 13.6. The Labute approximate surface area is 372 Å². The first-order valence-corrected chi connectivity index (χ1v) is 22.3. The average molecular weight is 829 g/mol. The molecule has 0 atom stereocenters. The zero-order chi connectivity index (χ0) is 43.5. The Morgan fingerprint density at radius 3 is 1.08 bits per heavy atom. The number of para-hydroxylation sites is 6. The Morgan fingerprint density at radius 1 is 0.312 bits per heavy atom. The third-order valence-electron chi connectivity index (χ3n) is 13.2. The van der Waals surface area contributed by atoms with Crippen molar-refractivity contribution in [2.75, 3.05) is 9.80 Å². The highest BCUT2D eigenvalue weighted by Gasteiger charge is 2.31. The van der Waals surface area contributed by atoms with E-state index >= 15 is 0 Å². The van der Waals surface area contributed by atoms with Crippen LogP contribution in [0.15, 0.2) is 191 Å². The zero-order valence-electron chi connectivity index (χ0n) is 37.0. The summed E-state index contributed by atoms with van der Waals surface area (Å²) in [7, 11) is 0. The molecule has 0 amide bonds. The minimum absolute atomic E-state index is 0.187. The average Bonchev–Trinajstić information content (AvgIpc) is 3.88. The van der Waals surface area contributed by atoms with Crippen molar-refractivity contribution < 1.29 is 8.83 Å². The van der Waals surface area contributed by atoms with Gasteiger partial charge in [0.1, 0.15) is 11.2 Å². The molecule has 10 aromatic carbocycles. The minimum Gasteiger partial charge on any atom is -0.454 e. The third kappa shape index (κ3) is 5.75. The van der Waals surface area contributed by atoms with Crippen LogP contribution in [0.25, 0.3) is 76.2 Å². The summed E-state index contributed by atoms with van der Waals surface area (Å²) in [5, 5.41) is 11.8. The molecule has 12 rings (SSSR count). The van der Waals surface area contributed by atoms with Gasteiger partial charge in [-0.25, -0.2) is 0 Å². The highest BCUT2D eigenvalue weighted by molar-refractivity contribution is 6.30. The van der Waals surface area contributed by atoms with Crippen molar-refractivity contribution in [1.29, 1.82) is 0 Å². The van der Waals surface area contributed by atoms with E-state index in [4.69, 9.17) is 8.83 Å². The summed E-state index contributed by atoms with van der Waals surface area (Å²) in [6.45, 7) is 14.0. The van der Waals surface area contributed by atoms with Gasteiger partial charge >= 0.3 is 0 Å². The first-order chi connectivity index (χ1) is 31.0. The fraction of sp³-hybridized carbons (Fsp3) is 0.133. The van der Waals surface area contributed by atoms with Crippen molar-refractivity contribution in [3.63, 3.8) is 0 Å². The van der Waals surface area contributed by atoms with Crippen molar-refractivity contribution in [1.82, 2.24) is 0 Å². The lowest BCUT2D eigenvalue weighted by atomic mass is 9.77. The molecule has 2 heterocycles. The molecule has 0 bridgehead atoms. The largest absolute Gasteiger partial charge is 0.454 e. The molecular weight excluding hydrogens is 781 g/mol. The maximum Gasteiger partial charge on any atom is 0.159 e. The van der Waals surface area contributed by atoms with E-state index in [0.717, 1.165) is 78.0 Å². The van der Waals surface area contributed by atoms with Crippen LogP contribution in [0.2, 0.25) is 0 Å². The number of nitrogens with zero attached hydrogens (tertiary/aromatic N) is 2. The molecule has 64 heavy (non-hydrogen) atoms. The fourth-order valence-corrected chi connectivity index (χ4v) is 10.4. The number of hydrogen-bond acceptors (Lipinski definition) is 4. The molecule has 2 aromatic heterocycles. The number of benzene rings is 10. The van der Waals surface area contributed by atoms with Crippen LogP contribution in [-0.4, -0.2) is 0 Å². The van der Waals surface area contributed by atoms with Gasteiger partial charge in [-0.05, 0) is 104 Å². The Kier molecular flexibility index (Phi) is 8.33. The van der Waals surface area contributed by atoms with Gasteiger partial charge in [-0.2, -0.15) is 0 Å². The third-order valence-corrected chi connectivity index (χ3v) is 13.2. The van der Waals surface area contributed by atoms with Gasteiger partial charge in [-0.15, -0.1) is 0 Å². The van der Waals surface area contributed by atoms with Gasteiger partial charge in [0.15, 0.2) is 11.2 Å². The van der Waals surface area contributed by atoms with E-state index in [1.54, 1.807) is 0 Å². The van der Waals surface area contributed by atoms with Crippen molar-refractivity contribution in [2.24, 2.45) is 0 Å². The van der Waals surface area contributed by atoms with Gasteiger partial charge in [-0.1, -0.05) is 163 Å². The van der Waals surface area contributed by atoms with Crippen LogP contribution >= 0.6 is 0 Å². The van der Waals surface area contributed by atoms with Gasteiger partial charge in [0, 0.05) is 43.7 Å². The van der Waals surface area contributed by atoms with E-state index in [9.17, 15) is 0 Å². The molecule has 0 unspecified atom stereocenters. The lowest BCUT2D eigenvalue weighted by molar-refractivity contribution is 0.595. The summed E-state index contributed by atoms with van der Waals surface area (Å²) in [5.74, 6) is 0. The minimum atomic E-state index is -0.187. The van der Waals surface area contributed by atoms with Crippen LogP contribution in [0, 0.1) is 0 Å². The molecular formula is C60H48N2O2. The second-order valence-corrected chi connectivity index (χ2v) is 19.3. The molecule has 0 aliphatic rings. The second-order valence-electron chi connectivity index (χ2n) is 19.3. The molecule has 4 nitrogen and oxygen atoms in total. The second kappa shape index (κ2) is 14.0. The summed E-state index contributed by atoms with van der Waals surface area (Å²) in [6, 6.07) is 65.8. The van der Waals surface area contributed by atoms with Crippen LogP contribution in [0.5, 0.6) is 0 Å². The monoisotopic (exact) mass is 828 g/mol. The normalized spacial score (nSPS) is 12.5. The van der Waals surface area contributed by atoms with E-state index in [-0.39, 0.29) is 10.8 Å². The highest BCUT2D eigenvalue weighted by atomic mass is 16.3. The van der Waals surface area contributed by atoms with Crippen LogP contribution in [0.1, 0.15) is 52.7 Å². The molecule has 0 saturated heterocycles. The summed E-state index contributed by atoms with van der Waals surface area (Å²) in [5.41, 5.74) is 12.1. The first-order valence-electron chi connectivity index (χ1n) is 22.3. The smallest absolute Gasteiger partial charge is 0.159 e. The molecule has 0 radical (unpaired) electrons. The van der Waals surface area contributed by atoms with Gasteiger partial charge in [-0.3, -0.25) is 0 Å². The molecule has 0 aliphatic carbocycles. The van der Waals surface area contributed by atoms with Gasteiger partial charge in [0.25, 0.3) is 0 Å². The van der Waals surface area contributed by atoms with Crippen LogP contribution in [0.3, 0.4) is 0 Å². The Balaban J connectivity index is 1.23. The summed E-state index contributed by atoms with van der Waals surface area (Å²) in [4.78, 5) is 4.85. The lowest BCUT2D eigenvalue weighted by Gasteiger charge is -2.33. The lowest BCUT2D eigenvalue weighted by Crippen LogP contribution is -2.17. The van der Waals surface area contributed by atoms with E-state index in [0.29, 0.717) is 0 Å². The van der Waals surface area contributed by atoms with Crippen molar-refractivity contribution in [3.05, 3.63) is 193 Å². The Hall–Kier alpha value is -7.56. The van der Waals surface area contributed by atoms with E-state index in [1.165, 1.54) is 43.4 Å². The van der Waals surface area contributed by atoms with Crippen molar-refractivity contribution in [3.8, 4) is 0 Å². The van der Waals surface area contributed by atoms with Gasteiger partial charge in [0.2, 0.25) is 0 Å². The number of anilines is 6. The number of fused-ring (bicyclic) bond motifs is 6. The number of furan rings is 2. The predicted octanol–water partition coefficient (Wildman–Crippen LogP) is 17.9. The molecule has 0 spiro atoms. The molecule has 0 saturated carbocycles. The van der Waals surface area contributed by atoms with Crippen molar-refractivity contribution >= 4 is 110 Å². The SMILES string of the molecule is CC(C)(C)c1cc(N(c2ccccc2)c2cccc3c2oc2ccccc23)c2ccc3c(C(C)(C)C)cc(N(c4ccccc4)c4cccc5c4oc4ccccc45)c4ccc1c2c43. The first kappa shape index (κ1) is 38.1. The summed E-state index contributed by atoms with van der Waals surface area (Å²) in [6.07, 6.45) is 0. The molecule has 4 heteroatoms. The zero-order valence-corrected chi connectivity index (χ0v) is 37.0. The van der Waals surface area contributed by atoms with Crippen LogP contribution < -0.4 is 9.80 Å². The molecule has 310 valence electrons. The Morgan fingerprint density at radius 2 is 0.672 bits per heavy atom. The van der Waals surface area contributed by atoms with E-state index < -0.39 is 0 Å². The maximum absolute atomic E-state index is 6.80. The van der Waals surface area contributed by atoms with E-state index in [2.05, 4.69) is 221 Å². The standard InChI is InChI=1S/C60H48N2O2/c1-59(2,3)47-35-51(61(37-19-9-7-10-20-37)49-27-17-25-41-39-23-13-15-29-53(39)63-57(41)49)45-34-32-44-48(60(4,5)6)36-52(46-33-31-43(47)55(45)56(44)46)62(38-21-11-8-12-22-38)50-28-18-26-42-40-24-14-16-30-54(40)64-58(42)50/h7-36H,1-6H3. The number of hydrogen-bond donors (Lipinski definition) is 0. The van der Waals surface area contributed by atoms with Gasteiger partial charge in [0.05, 0.1) is 22.7 Å². The quantitative estimate of drug-likeness (QED) is 0.156. The van der Waals surface area contributed by atoms with E-state index in [1.807, 2.05) is 12.1 Å². The fourth-order valence-electron chi connectivity index (χ4n) is 10.4. The van der Waals surface area contributed by atoms with Crippen LogP contribution in [-0.2, 0) is 10.8 Å². The highest BCUT2D eigenvalue weighted by Crippen LogP contribution is 2.53. The Bertz CT molecular complexity index is 3500. The summed E-state index contributed by atoms with van der Waals surface area (Å²) >= 11 is 0. The topological polar surface area (TPSA) is 32.8 Å². The molecule has 0 N–H and O–H groups in total. The predicted molar refractivity (Wildman–Crippen MR) is 271 cm³/mol. The number of rotatable bonds is 6. The molecule has 0 aliphatic heterocycles.